The van der Waals surface area contributed by atoms with Crippen LogP contribution in [0.5, 0.6) is 11.6 Å². The highest BCUT2D eigenvalue weighted by Gasteiger charge is 2.16. The molecule has 0 spiro atoms. The zero-order valence-corrected chi connectivity index (χ0v) is 13.0. The Balaban J connectivity index is 2.36. The molecule has 1 aromatic carbocycles. The number of nitro groups is 1. The van der Waals surface area contributed by atoms with E-state index < -0.39 is 4.92 Å². The largest absolute Gasteiger partial charge is 0.439 e. The molecular formula is C13H14BrN3O3. The molecule has 106 valence electrons. The molecule has 0 saturated carbocycles. The number of hydrogen-bond acceptors (Lipinski definition) is 4. The first-order chi connectivity index (χ1) is 9.43. The molecule has 6 nitrogen and oxygen atoms in total. The Morgan fingerprint density at radius 1 is 1.45 bits per heavy atom. The molecule has 0 N–H and O–H groups in total. The summed E-state index contributed by atoms with van der Waals surface area (Å²) in [7, 11) is 1.80. The molecule has 0 bridgehead atoms. The second-order valence-electron chi connectivity index (χ2n) is 4.43. The number of ether oxygens (including phenoxy) is 1. The van der Waals surface area contributed by atoms with Gasteiger partial charge in [0.05, 0.1) is 10.6 Å². The van der Waals surface area contributed by atoms with Crippen molar-refractivity contribution in [1.29, 1.82) is 0 Å². The SMILES string of the molecule is Cc1cc(Oc2c(CBr)c(C)nn2C)ccc1[N+](=O)[O-]. The van der Waals surface area contributed by atoms with Crippen LogP contribution in [-0.4, -0.2) is 14.7 Å². The van der Waals surface area contributed by atoms with E-state index in [0.29, 0.717) is 22.5 Å². The predicted molar refractivity (Wildman–Crippen MR) is 78.5 cm³/mol. The molecule has 0 amide bonds. The number of nitrogens with zero attached hydrogens (tertiary/aromatic N) is 3. The fourth-order valence-corrected chi connectivity index (χ4v) is 2.62. The highest BCUT2D eigenvalue weighted by molar-refractivity contribution is 9.08. The van der Waals surface area contributed by atoms with Gasteiger partial charge in [-0.2, -0.15) is 5.10 Å². The molecule has 0 unspecified atom stereocenters. The summed E-state index contributed by atoms with van der Waals surface area (Å²) in [6.07, 6.45) is 0. The first kappa shape index (κ1) is 14.5. The van der Waals surface area contributed by atoms with Crippen LogP contribution < -0.4 is 4.74 Å². The molecule has 0 aliphatic heterocycles. The third-order valence-electron chi connectivity index (χ3n) is 3.00. The summed E-state index contributed by atoms with van der Waals surface area (Å²) in [5, 5.41) is 15.7. The minimum absolute atomic E-state index is 0.0826. The summed E-state index contributed by atoms with van der Waals surface area (Å²) in [5.41, 5.74) is 2.49. The van der Waals surface area contributed by atoms with Gasteiger partial charge >= 0.3 is 0 Å². The van der Waals surface area contributed by atoms with Gasteiger partial charge in [0, 0.05) is 29.6 Å². The van der Waals surface area contributed by atoms with Gasteiger partial charge in [0.25, 0.3) is 5.69 Å². The van der Waals surface area contributed by atoms with Crippen LogP contribution in [0.4, 0.5) is 5.69 Å². The van der Waals surface area contributed by atoms with E-state index in [9.17, 15) is 10.1 Å². The number of alkyl halides is 1. The Kier molecular flexibility index (Phi) is 4.08. The minimum Gasteiger partial charge on any atom is -0.439 e. The van der Waals surface area contributed by atoms with Crippen molar-refractivity contribution in [3.63, 3.8) is 0 Å². The topological polar surface area (TPSA) is 70.2 Å². The van der Waals surface area contributed by atoms with Crippen molar-refractivity contribution < 1.29 is 9.66 Å². The maximum atomic E-state index is 10.8. The lowest BCUT2D eigenvalue weighted by molar-refractivity contribution is -0.385. The Hall–Kier alpha value is -1.89. The van der Waals surface area contributed by atoms with Crippen molar-refractivity contribution in [3.05, 3.63) is 45.1 Å². The predicted octanol–water partition coefficient (Wildman–Crippen LogP) is 3.63. The summed E-state index contributed by atoms with van der Waals surface area (Å²) >= 11 is 3.41. The van der Waals surface area contributed by atoms with E-state index >= 15 is 0 Å². The van der Waals surface area contributed by atoms with Crippen molar-refractivity contribution in [2.45, 2.75) is 19.2 Å². The third-order valence-corrected chi connectivity index (χ3v) is 3.56. The standard InChI is InChI=1S/C13H14BrN3O3/c1-8-6-10(4-5-12(8)17(18)19)20-13-11(7-14)9(2)15-16(13)3/h4-6H,7H2,1-3H3. The zero-order chi connectivity index (χ0) is 14.9. The van der Waals surface area contributed by atoms with Gasteiger partial charge in [-0.15, -0.1) is 0 Å². The quantitative estimate of drug-likeness (QED) is 0.484. The molecule has 2 aromatic rings. The first-order valence-corrected chi connectivity index (χ1v) is 7.07. The molecule has 0 aliphatic carbocycles. The first-order valence-electron chi connectivity index (χ1n) is 5.95. The average Bonchev–Trinajstić information content (AvgIpc) is 2.63. The van der Waals surface area contributed by atoms with E-state index in [-0.39, 0.29) is 5.69 Å². The van der Waals surface area contributed by atoms with E-state index in [2.05, 4.69) is 21.0 Å². The van der Waals surface area contributed by atoms with Crippen LogP contribution in [0.1, 0.15) is 16.8 Å². The number of benzene rings is 1. The lowest BCUT2D eigenvalue weighted by atomic mass is 10.2. The molecule has 2 rings (SSSR count). The van der Waals surface area contributed by atoms with Crippen molar-refractivity contribution in [2.24, 2.45) is 7.05 Å². The molecule has 0 aliphatic rings. The van der Waals surface area contributed by atoms with Gasteiger partial charge < -0.3 is 4.74 Å². The summed E-state index contributed by atoms with van der Waals surface area (Å²) in [6, 6.07) is 4.69. The lowest BCUT2D eigenvalue weighted by Gasteiger charge is -2.08. The van der Waals surface area contributed by atoms with Crippen LogP contribution in [0.15, 0.2) is 18.2 Å². The Morgan fingerprint density at radius 2 is 2.15 bits per heavy atom. The van der Waals surface area contributed by atoms with Gasteiger partial charge in [-0.05, 0) is 26.0 Å². The summed E-state index contributed by atoms with van der Waals surface area (Å²) in [6.45, 7) is 3.59. The Morgan fingerprint density at radius 3 is 2.70 bits per heavy atom. The number of aromatic nitrogens is 2. The maximum Gasteiger partial charge on any atom is 0.272 e. The lowest BCUT2D eigenvalue weighted by Crippen LogP contribution is -1.97. The number of nitro benzene ring substituents is 1. The summed E-state index contributed by atoms with van der Waals surface area (Å²) < 4.78 is 7.47. The fraction of sp³-hybridized carbons (Fsp3) is 0.308. The van der Waals surface area contributed by atoms with Gasteiger partial charge in [0.1, 0.15) is 5.75 Å². The van der Waals surface area contributed by atoms with E-state index in [0.717, 1.165) is 11.3 Å². The zero-order valence-electron chi connectivity index (χ0n) is 11.4. The Labute approximate surface area is 124 Å². The number of rotatable bonds is 4. The normalized spacial score (nSPS) is 10.6. The van der Waals surface area contributed by atoms with Gasteiger partial charge in [-0.3, -0.25) is 10.1 Å². The Bertz CT molecular complexity index is 667. The van der Waals surface area contributed by atoms with Crippen LogP contribution in [0.3, 0.4) is 0 Å². The van der Waals surface area contributed by atoms with Crippen molar-refractivity contribution in [3.8, 4) is 11.6 Å². The molecule has 1 heterocycles. The van der Waals surface area contributed by atoms with Gasteiger partial charge in [0.15, 0.2) is 0 Å². The number of halogens is 1. The van der Waals surface area contributed by atoms with Gasteiger partial charge in [0.2, 0.25) is 5.88 Å². The van der Waals surface area contributed by atoms with Crippen molar-refractivity contribution in [1.82, 2.24) is 9.78 Å². The highest BCUT2D eigenvalue weighted by Crippen LogP contribution is 2.31. The average molecular weight is 340 g/mol. The van der Waals surface area contributed by atoms with Crippen LogP contribution in [0.25, 0.3) is 0 Å². The van der Waals surface area contributed by atoms with Gasteiger partial charge in [-0.25, -0.2) is 4.68 Å². The smallest absolute Gasteiger partial charge is 0.272 e. The van der Waals surface area contributed by atoms with Gasteiger partial charge in [-0.1, -0.05) is 15.9 Å². The molecule has 0 radical (unpaired) electrons. The van der Waals surface area contributed by atoms with Crippen LogP contribution in [0.2, 0.25) is 0 Å². The summed E-state index contributed by atoms with van der Waals surface area (Å²) in [4.78, 5) is 10.4. The number of aryl methyl sites for hydroxylation is 3. The van der Waals surface area contributed by atoms with Crippen LogP contribution in [0, 0.1) is 24.0 Å². The second kappa shape index (κ2) is 5.62. The van der Waals surface area contributed by atoms with E-state index in [4.69, 9.17) is 4.74 Å². The van der Waals surface area contributed by atoms with E-state index in [1.165, 1.54) is 6.07 Å². The molecule has 7 heteroatoms. The molecule has 0 fully saturated rings. The minimum atomic E-state index is -0.406. The van der Waals surface area contributed by atoms with Crippen LogP contribution >= 0.6 is 15.9 Å². The monoisotopic (exact) mass is 339 g/mol. The molecule has 0 saturated heterocycles. The second-order valence-corrected chi connectivity index (χ2v) is 4.99. The highest BCUT2D eigenvalue weighted by atomic mass is 79.9. The van der Waals surface area contributed by atoms with Crippen molar-refractivity contribution >= 4 is 21.6 Å². The van der Waals surface area contributed by atoms with E-state index in [1.807, 2.05) is 6.92 Å². The molecule has 0 atom stereocenters. The molecule has 20 heavy (non-hydrogen) atoms. The molecule has 1 aromatic heterocycles. The summed E-state index contributed by atoms with van der Waals surface area (Å²) in [5.74, 6) is 1.19. The van der Waals surface area contributed by atoms with Crippen LogP contribution in [-0.2, 0) is 12.4 Å². The molecular weight excluding hydrogens is 326 g/mol. The van der Waals surface area contributed by atoms with Crippen molar-refractivity contribution in [2.75, 3.05) is 0 Å². The third kappa shape index (κ3) is 2.67. The maximum absolute atomic E-state index is 10.8. The number of hydrogen-bond donors (Lipinski definition) is 0. The fourth-order valence-electron chi connectivity index (χ4n) is 1.97. The van der Waals surface area contributed by atoms with E-state index in [1.54, 1.807) is 30.8 Å².